The second-order valence-electron chi connectivity index (χ2n) is 23.8. The van der Waals surface area contributed by atoms with Crippen molar-refractivity contribution in [1.82, 2.24) is 0 Å². The van der Waals surface area contributed by atoms with Gasteiger partial charge in [-0.05, 0) is 77.0 Å². The van der Waals surface area contributed by atoms with Crippen molar-refractivity contribution in [2.45, 2.75) is 393 Å². The first-order valence-electron chi connectivity index (χ1n) is 35.0. The lowest BCUT2D eigenvalue weighted by Gasteiger charge is -2.18. The van der Waals surface area contributed by atoms with Crippen LogP contribution < -0.4 is 0 Å². The predicted octanol–water partition coefficient (Wildman–Crippen LogP) is 23.9. The largest absolute Gasteiger partial charge is 0.462 e. The normalized spacial score (nSPS) is 12.2. The van der Waals surface area contributed by atoms with Crippen molar-refractivity contribution in [3.05, 3.63) is 36.5 Å². The smallest absolute Gasteiger partial charge is 0.306 e. The molecule has 458 valence electrons. The molecule has 0 aliphatic carbocycles. The number of esters is 3. The molecule has 0 bridgehead atoms. The first kappa shape index (κ1) is 75.6. The highest BCUT2D eigenvalue weighted by Gasteiger charge is 2.19. The molecular weight excluding hydrogens is 961 g/mol. The fraction of sp³-hybridized carbons (Fsp3) is 0.875. The fourth-order valence-electron chi connectivity index (χ4n) is 10.6. The Hall–Kier alpha value is -2.37. The Balaban J connectivity index is 4.20. The van der Waals surface area contributed by atoms with E-state index in [1.807, 2.05) is 0 Å². The zero-order valence-electron chi connectivity index (χ0n) is 52.7. The van der Waals surface area contributed by atoms with E-state index in [0.717, 1.165) is 70.6 Å². The van der Waals surface area contributed by atoms with Crippen LogP contribution in [-0.2, 0) is 28.6 Å². The van der Waals surface area contributed by atoms with E-state index in [0.29, 0.717) is 19.3 Å². The van der Waals surface area contributed by atoms with Gasteiger partial charge in [-0.1, -0.05) is 327 Å². The van der Waals surface area contributed by atoms with E-state index in [1.54, 1.807) is 0 Å². The Labute approximate surface area is 486 Å². The van der Waals surface area contributed by atoms with Crippen molar-refractivity contribution in [3.8, 4) is 0 Å². The summed E-state index contributed by atoms with van der Waals surface area (Å²) in [6.07, 6.45) is 83.1. The molecule has 0 fully saturated rings. The number of unbranched alkanes of at least 4 members (excludes halogenated alkanes) is 48. The fourth-order valence-corrected chi connectivity index (χ4v) is 10.6. The molecule has 0 saturated carbocycles. The Morgan fingerprint density at radius 2 is 0.462 bits per heavy atom. The summed E-state index contributed by atoms with van der Waals surface area (Å²) in [5.41, 5.74) is 0. The van der Waals surface area contributed by atoms with Crippen LogP contribution in [0.2, 0.25) is 0 Å². The van der Waals surface area contributed by atoms with Gasteiger partial charge in [-0.25, -0.2) is 0 Å². The molecule has 0 aromatic rings. The Bertz CT molecular complexity index is 1300. The van der Waals surface area contributed by atoms with Crippen LogP contribution in [-0.4, -0.2) is 37.2 Å². The zero-order chi connectivity index (χ0) is 56.4. The second kappa shape index (κ2) is 67.1. The van der Waals surface area contributed by atoms with Gasteiger partial charge in [0.1, 0.15) is 13.2 Å². The van der Waals surface area contributed by atoms with Gasteiger partial charge in [0.2, 0.25) is 0 Å². The molecule has 0 aliphatic rings. The van der Waals surface area contributed by atoms with Crippen molar-refractivity contribution in [3.63, 3.8) is 0 Å². The maximum atomic E-state index is 12.9. The number of hydrogen-bond acceptors (Lipinski definition) is 6. The average molecular weight is 1100 g/mol. The summed E-state index contributed by atoms with van der Waals surface area (Å²) in [5, 5.41) is 0. The summed E-state index contributed by atoms with van der Waals surface area (Å²) in [7, 11) is 0. The molecule has 0 rings (SSSR count). The Kier molecular flexibility index (Phi) is 65.1. The summed E-state index contributed by atoms with van der Waals surface area (Å²) >= 11 is 0. The maximum absolute atomic E-state index is 12.9. The summed E-state index contributed by atoms with van der Waals surface area (Å²) in [6, 6.07) is 0. The van der Waals surface area contributed by atoms with Gasteiger partial charge >= 0.3 is 17.9 Å². The summed E-state index contributed by atoms with van der Waals surface area (Å²) in [6.45, 7) is 6.69. The standard InChI is InChI=1S/C72H134O6/c1-4-7-10-13-16-19-22-25-28-30-31-32-33-34-35-36-37-38-39-40-41-42-45-47-50-53-56-59-62-65-71(74)77-68-69(67-76-70(73)64-61-58-55-52-49-46-43-27-24-21-18-15-12-9-6-3)78-72(75)66-63-60-57-54-51-48-44-29-26-23-20-17-14-11-8-5-2/h22,25,29-31,44,69H,4-21,23-24,26-28,32-43,45-68H2,1-3H3/b25-22-,31-30-,44-29-. The predicted molar refractivity (Wildman–Crippen MR) is 339 cm³/mol. The summed E-state index contributed by atoms with van der Waals surface area (Å²) < 4.78 is 17.0. The van der Waals surface area contributed by atoms with E-state index in [-0.39, 0.29) is 31.1 Å². The Morgan fingerprint density at radius 1 is 0.256 bits per heavy atom. The highest BCUT2D eigenvalue weighted by atomic mass is 16.6. The lowest BCUT2D eigenvalue weighted by atomic mass is 10.0. The monoisotopic (exact) mass is 1100 g/mol. The molecule has 0 amide bonds. The van der Waals surface area contributed by atoms with Crippen molar-refractivity contribution in [2.24, 2.45) is 0 Å². The van der Waals surface area contributed by atoms with Crippen LogP contribution in [0.5, 0.6) is 0 Å². The Morgan fingerprint density at radius 3 is 0.718 bits per heavy atom. The number of hydrogen-bond donors (Lipinski definition) is 0. The molecule has 0 radical (unpaired) electrons. The molecule has 1 unspecified atom stereocenters. The molecule has 0 aromatic carbocycles. The summed E-state index contributed by atoms with van der Waals surface area (Å²) in [5.74, 6) is -0.849. The van der Waals surface area contributed by atoms with E-state index >= 15 is 0 Å². The van der Waals surface area contributed by atoms with Gasteiger partial charge in [0.05, 0.1) is 0 Å². The third kappa shape index (κ3) is 64.5. The number of rotatable bonds is 65. The lowest BCUT2D eigenvalue weighted by Crippen LogP contribution is -2.30. The van der Waals surface area contributed by atoms with Crippen LogP contribution in [0.3, 0.4) is 0 Å². The maximum Gasteiger partial charge on any atom is 0.306 e. The van der Waals surface area contributed by atoms with Gasteiger partial charge in [0.25, 0.3) is 0 Å². The minimum absolute atomic E-state index is 0.0696. The third-order valence-corrected chi connectivity index (χ3v) is 15.9. The first-order valence-corrected chi connectivity index (χ1v) is 35.0. The second-order valence-corrected chi connectivity index (χ2v) is 23.8. The van der Waals surface area contributed by atoms with E-state index in [4.69, 9.17) is 14.2 Å². The third-order valence-electron chi connectivity index (χ3n) is 15.9. The zero-order valence-corrected chi connectivity index (χ0v) is 52.7. The molecule has 6 nitrogen and oxygen atoms in total. The molecule has 1 atom stereocenters. The molecule has 6 heteroatoms. The number of ether oxygens (including phenoxy) is 3. The SMILES string of the molecule is CCCCCCC/C=C\C/C=C\CCCCCCCCCCCCCCCCCCCC(=O)OCC(COC(=O)CCCCCCCCCCCCCCCCC)OC(=O)CCCCCCC/C=C\CCCCCCCCC. The van der Waals surface area contributed by atoms with Crippen LogP contribution >= 0.6 is 0 Å². The average Bonchev–Trinajstić information content (AvgIpc) is 3.44. The minimum atomic E-state index is -0.774. The number of carbonyl (C=O) groups excluding carboxylic acids is 3. The number of allylic oxidation sites excluding steroid dienone is 6. The van der Waals surface area contributed by atoms with Crippen LogP contribution in [0, 0.1) is 0 Å². The molecule has 0 heterocycles. The molecule has 0 aliphatic heterocycles. The molecular formula is C72H134O6. The van der Waals surface area contributed by atoms with Crippen LogP contribution in [0.4, 0.5) is 0 Å². The van der Waals surface area contributed by atoms with Crippen molar-refractivity contribution < 1.29 is 28.6 Å². The molecule has 0 N–H and O–H groups in total. The van der Waals surface area contributed by atoms with Crippen molar-refractivity contribution in [1.29, 1.82) is 0 Å². The van der Waals surface area contributed by atoms with Gasteiger partial charge in [0.15, 0.2) is 6.10 Å². The van der Waals surface area contributed by atoms with Crippen LogP contribution in [0.15, 0.2) is 36.5 Å². The molecule has 0 aromatic heterocycles. The van der Waals surface area contributed by atoms with Crippen LogP contribution in [0.1, 0.15) is 387 Å². The summed E-state index contributed by atoms with van der Waals surface area (Å²) in [4.78, 5) is 38.4. The quantitative estimate of drug-likeness (QED) is 0.0261. The molecule has 0 spiro atoms. The minimum Gasteiger partial charge on any atom is -0.462 e. The van der Waals surface area contributed by atoms with Gasteiger partial charge in [-0.15, -0.1) is 0 Å². The first-order chi connectivity index (χ1) is 38.5. The lowest BCUT2D eigenvalue weighted by molar-refractivity contribution is -0.167. The van der Waals surface area contributed by atoms with Gasteiger partial charge in [0, 0.05) is 19.3 Å². The molecule has 78 heavy (non-hydrogen) atoms. The van der Waals surface area contributed by atoms with Gasteiger partial charge < -0.3 is 14.2 Å². The van der Waals surface area contributed by atoms with E-state index in [2.05, 4.69) is 57.2 Å². The van der Waals surface area contributed by atoms with Crippen LogP contribution in [0.25, 0.3) is 0 Å². The van der Waals surface area contributed by atoms with E-state index in [9.17, 15) is 14.4 Å². The topological polar surface area (TPSA) is 78.9 Å². The van der Waals surface area contributed by atoms with Gasteiger partial charge in [-0.2, -0.15) is 0 Å². The van der Waals surface area contributed by atoms with E-state index in [1.165, 1.54) is 276 Å². The highest BCUT2D eigenvalue weighted by molar-refractivity contribution is 5.71. The van der Waals surface area contributed by atoms with Crippen molar-refractivity contribution in [2.75, 3.05) is 13.2 Å². The van der Waals surface area contributed by atoms with Crippen molar-refractivity contribution >= 4 is 17.9 Å². The molecule has 0 saturated heterocycles. The van der Waals surface area contributed by atoms with E-state index < -0.39 is 6.10 Å². The number of carbonyl (C=O) groups is 3. The highest BCUT2D eigenvalue weighted by Crippen LogP contribution is 2.18. The van der Waals surface area contributed by atoms with Gasteiger partial charge in [-0.3, -0.25) is 14.4 Å².